The number of rotatable bonds is 8. The molecule has 4 aromatic rings. The molecule has 37 heavy (non-hydrogen) atoms. The van der Waals surface area contributed by atoms with E-state index in [-0.39, 0.29) is 18.7 Å². The fourth-order valence-electron chi connectivity index (χ4n) is 3.67. The highest BCUT2D eigenvalue weighted by Crippen LogP contribution is 2.34. The summed E-state index contributed by atoms with van der Waals surface area (Å²) in [5, 5.41) is 6.54. The molecule has 1 amide bonds. The fourth-order valence-corrected chi connectivity index (χ4v) is 3.80. The van der Waals surface area contributed by atoms with Crippen LogP contribution < -0.4 is 5.32 Å². The van der Waals surface area contributed by atoms with E-state index >= 15 is 0 Å². The van der Waals surface area contributed by atoms with Crippen molar-refractivity contribution < 1.29 is 27.5 Å². The number of carbonyl (C=O) groups excluding carboxylic acids is 2. The minimum atomic E-state index is -4.91. The molecular weight excluding hydrogens is 507 g/mol. The molecule has 1 unspecified atom stereocenters. The van der Waals surface area contributed by atoms with Gasteiger partial charge in [-0.25, -0.2) is 9.48 Å². The summed E-state index contributed by atoms with van der Waals surface area (Å²) in [6, 6.07) is 22.0. The predicted molar refractivity (Wildman–Crippen MR) is 131 cm³/mol. The van der Waals surface area contributed by atoms with Gasteiger partial charge >= 0.3 is 12.1 Å². The molecule has 0 aliphatic rings. The van der Waals surface area contributed by atoms with Gasteiger partial charge in [0.25, 0.3) is 5.91 Å². The van der Waals surface area contributed by atoms with E-state index in [9.17, 15) is 22.8 Å². The van der Waals surface area contributed by atoms with Crippen LogP contribution >= 0.6 is 11.6 Å². The summed E-state index contributed by atoms with van der Waals surface area (Å²) in [5.41, 5.74) is -0.514. The van der Waals surface area contributed by atoms with Gasteiger partial charge in [-0.1, -0.05) is 72.3 Å². The van der Waals surface area contributed by atoms with Crippen molar-refractivity contribution >= 4 is 23.5 Å². The zero-order valence-electron chi connectivity index (χ0n) is 19.3. The molecule has 1 aromatic heterocycles. The van der Waals surface area contributed by atoms with Gasteiger partial charge in [0.15, 0.2) is 5.69 Å². The van der Waals surface area contributed by atoms with Crippen LogP contribution in [0.1, 0.15) is 27.2 Å². The Morgan fingerprint density at radius 2 is 1.51 bits per heavy atom. The first-order chi connectivity index (χ1) is 17.7. The van der Waals surface area contributed by atoms with Crippen LogP contribution in [0.25, 0.3) is 5.69 Å². The number of nitrogens with one attached hydrogen (secondary N) is 1. The summed E-state index contributed by atoms with van der Waals surface area (Å²) in [5.74, 6) is -1.88. The lowest BCUT2D eigenvalue weighted by Gasteiger charge is -2.19. The maximum absolute atomic E-state index is 14.1. The van der Waals surface area contributed by atoms with Crippen LogP contribution in [0, 0.1) is 0 Å². The van der Waals surface area contributed by atoms with E-state index in [0.717, 1.165) is 11.8 Å². The number of ether oxygens (including phenoxy) is 1. The molecule has 6 nitrogen and oxygen atoms in total. The molecule has 0 bridgehead atoms. The highest BCUT2D eigenvalue weighted by molar-refractivity contribution is 6.30. The van der Waals surface area contributed by atoms with Crippen molar-refractivity contribution in [3.63, 3.8) is 0 Å². The van der Waals surface area contributed by atoms with Crippen molar-refractivity contribution in [2.24, 2.45) is 0 Å². The predicted octanol–water partition coefficient (Wildman–Crippen LogP) is 5.63. The second kappa shape index (κ2) is 11.3. The van der Waals surface area contributed by atoms with Crippen molar-refractivity contribution in [1.82, 2.24) is 15.1 Å². The van der Waals surface area contributed by atoms with E-state index in [2.05, 4.69) is 10.4 Å². The van der Waals surface area contributed by atoms with Gasteiger partial charge in [0.2, 0.25) is 0 Å². The Balaban J connectivity index is 1.61. The average molecular weight is 528 g/mol. The third-order valence-corrected chi connectivity index (χ3v) is 5.70. The van der Waals surface area contributed by atoms with Crippen molar-refractivity contribution in [2.75, 3.05) is 0 Å². The number of alkyl halides is 3. The summed E-state index contributed by atoms with van der Waals surface area (Å²) in [4.78, 5) is 26.0. The van der Waals surface area contributed by atoms with Crippen LogP contribution in [-0.2, 0) is 28.7 Å². The van der Waals surface area contributed by atoms with E-state index in [1.54, 1.807) is 54.6 Å². The van der Waals surface area contributed by atoms with E-state index in [1.807, 2.05) is 6.07 Å². The highest BCUT2D eigenvalue weighted by atomic mass is 35.5. The quantitative estimate of drug-likeness (QED) is 0.301. The molecule has 1 heterocycles. The molecule has 0 saturated heterocycles. The number of nitrogens with zero attached hydrogens (tertiary/aromatic N) is 2. The van der Waals surface area contributed by atoms with Crippen molar-refractivity contribution in [3.05, 3.63) is 119 Å². The van der Waals surface area contributed by atoms with Crippen LogP contribution in [0.4, 0.5) is 13.2 Å². The number of aromatic nitrogens is 2. The molecule has 0 aliphatic heterocycles. The summed E-state index contributed by atoms with van der Waals surface area (Å²) in [6.07, 6.45) is -4.07. The summed E-state index contributed by atoms with van der Waals surface area (Å²) >= 11 is 5.84. The largest absolute Gasteiger partial charge is 0.459 e. The first kappa shape index (κ1) is 26.0. The normalized spacial score (nSPS) is 12.1. The molecule has 0 spiro atoms. The number of benzene rings is 3. The topological polar surface area (TPSA) is 73.2 Å². The molecule has 4 rings (SSSR count). The van der Waals surface area contributed by atoms with Crippen LogP contribution in [0.15, 0.2) is 91.1 Å². The van der Waals surface area contributed by atoms with Gasteiger partial charge in [0.05, 0.1) is 17.4 Å². The Bertz CT molecular complexity index is 1360. The van der Waals surface area contributed by atoms with Gasteiger partial charge in [0, 0.05) is 11.4 Å². The Hall–Kier alpha value is -4.11. The molecule has 0 radical (unpaired) electrons. The zero-order valence-corrected chi connectivity index (χ0v) is 20.0. The van der Waals surface area contributed by atoms with E-state index < -0.39 is 35.4 Å². The lowest BCUT2D eigenvalue weighted by atomic mass is 10.1. The SMILES string of the molecule is O=C(NC(Cc1ccccc1)C(=O)OCc1ccccc1)c1cnn(-c2ccc(Cl)cc2)c1C(F)(F)F. The van der Waals surface area contributed by atoms with Crippen molar-refractivity contribution in [3.8, 4) is 5.69 Å². The summed E-state index contributed by atoms with van der Waals surface area (Å²) in [6.45, 7) is -0.0524. The first-order valence-corrected chi connectivity index (χ1v) is 11.6. The summed E-state index contributed by atoms with van der Waals surface area (Å²) < 4.78 is 48.2. The molecule has 1 N–H and O–H groups in total. The Morgan fingerprint density at radius 1 is 0.919 bits per heavy atom. The third kappa shape index (κ3) is 6.56. The van der Waals surface area contributed by atoms with E-state index in [0.29, 0.717) is 15.3 Å². The van der Waals surface area contributed by atoms with Gasteiger partial charge in [-0.05, 0) is 35.4 Å². The fraction of sp³-hybridized carbons (Fsp3) is 0.148. The number of amides is 1. The highest BCUT2D eigenvalue weighted by Gasteiger charge is 2.41. The molecule has 190 valence electrons. The maximum atomic E-state index is 14.1. The lowest BCUT2D eigenvalue weighted by molar-refractivity contribution is -0.147. The van der Waals surface area contributed by atoms with Crippen molar-refractivity contribution in [2.45, 2.75) is 25.2 Å². The number of hydrogen-bond donors (Lipinski definition) is 1. The monoisotopic (exact) mass is 527 g/mol. The molecule has 0 saturated carbocycles. The van der Waals surface area contributed by atoms with Gasteiger partial charge in [-0.3, -0.25) is 4.79 Å². The number of carbonyl (C=O) groups is 2. The Morgan fingerprint density at radius 3 is 2.11 bits per heavy atom. The second-order valence-corrected chi connectivity index (χ2v) is 8.54. The minimum Gasteiger partial charge on any atom is -0.459 e. The third-order valence-electron chi connectivity index (χ3n) is 5.45. The summed E-state index contributed by atoms with van der Waals surface area (Å²) in [7, 11) is 0. The molecule has 10 heteroatoms. The van der Waals surface area contributed by atoms with Gasteiger partial charge < -0.3 is 10.1 Å². The van der Waals surface area contributed by atoms with Crippen LogP contribution in [0.5, 0.6) is 0 Å². The van der Waals surface area contributed by atoms with Crippen LogP contribution in [0.2, 0.25) is 5.02 Å². The van der Waals surface area contributed by atoms with Crippen LogP contribution in [-0.4, -0.2) is 27.7 Å². The minimum absolute atomic E-state index is 0.0207. The lowest BCUT2D eigenvalue weighted by Crippen LogP contribution is -2.43. The number of esters is 1. The Kier molecular flexibility index (Phi) is 7.93. The number of halogens is 4. The van der Waals surface area contributed by atoms with Gasteiger partial charge in [-0.2, -0.15) is 18.3 Å². The van der Waals surface area contributed by atoms with Gasteiger partial charge in [-0.15, -0.1) is 0 Å². The van der Waals surface area contributed by atoms with E-state index in [1.165, 1.54) is 24.3 Å². The smallest absolute Gasteiger partial charge is 0.434 e. The standard InChI is InChI=1S/C27H21ClF3N3O3/c28-20-11-13-21(14-12-20)34-24(27(29,30)31)22(16-32-34)25(35)33-23(15-18-7-3-1-4-8-18)26(36)37-17-19-9-5-2-6-10-19/h1-14,16,23H,15,17H2,(H,33,35). The first-order valence-electron chi connectivity index (χ1n) is 11.2. The second-order valence-electron chi connectivity index (χ2n) is 8.10. The van der Waals surface area contributed by atoms with Crippen LogP contribution in [0.3, 0.4) is 0 Å². The number of hydrogen-bond acceptors (Lipinski definition) is 4. The molecule has 0 aliphatic carbocycles. The Labute approximate surface area is 215 Å². The maximum Gasteiger partial charge on any atom is 0.434 e. The van der Waals surface area contributed by atoms with E-state index in [4.69, 9.17) is 16.3 Å². The molecule has 3 aromatic carbocycles. The van der Waals surface area contributed by atoms with Crippen molar-refractivity contribution in [1.29, 1.82) is 0 Å². The average Bonchev–Trinajstić information content (AvgIpc) is 3.35. The molecule has 1 atom stereocenters. The van der Waals surface area contributed by atoms with Gasteiger partial charge in [0.1, 0.15) is 12.6 Å². The molecule has 0 fully saturated rings. The molecular formula is C27H21ClF3N3O3. The zero-order chi connectivity index (χ0) is 26.4.